The summed E-state index contributed by atoms with van der Waals surface area (Å²) in [6, 6.07) is 1.69. The van der Waals surface area contributed by atoms with Crippen molar-refractivity contribution in [3.63, 3.8) is 0 Å². The van der Waals surface area contributed by atoms with Gasteiger partial charge in [0.25, 0.3) is 6.43 Å². The maximum atomic E-state index is 13.4. The van der Waals surface area contributed by atoms with Crippen LogP contribution in [0.5, 0.6) is 0 Å². The summed E-state index contributed by atoms with van der Waals surface area (Å²) in [6.45, 7) is 3.27. The zero-order valence-electron chi connectivity index (χ0n) is 12.2. The highest BCUT2D eigenvalue weighted by atomic mass is 19.3. The second-order valence-electron chi connectivity index (χ2n) is 5.60. The van der Waals surface area contributed by atoms with Gasteiger partial charge in [0.15, 0.2) is 5.65 Å². The molecule has 2 N–H and O–H groups in total. The van der Waals surface area contributed by atoms with Crippen molar-refractivity contribution in [1.29, 1.82) is 0 Å². The Kier molecular flexibility index (Phi) is 3.52. The molecule has 1 fully saturated rings. The highest BCUT2D eigenvalue weighted by Crippen LogP contribution is 2.32. The van der Waals surface area contributed by atoms with Crippen LogP contribution in [-0.2, 0) is 7.05 Å². The molecule has 2 aromatic heterocycles. The van der Waals surface area contributed by atoms with E-state index in [1.165, 1.54) is 6.07 Å². The molecule has 0 atom stereocenters. The first kappa shape index (κ1) is 14.2. The first-order valence-corrected chi connectivity index (χ1v) is 7.10. The molecular formula is C14H19F2N5. The van der Waals surface area contributed by atoms with Crippen molar-refractivity contribution in [3.8, 4) is 0 Å². The first-order valence-electron chi connectivity index (χ1n) is 7.10. The number of piperidine rings is 1. The van der Waals surface area contributed by atoms with Crippen LogP contribution in [0, 0.1) is 6.92 Å². The Morgan fingerprint density at radius 1 is 1.33 bits per heavy atom. The van der Waals surface area contributed by atoms with Gasteiger partial charge in [-0.3, -0.25) is 4.68 Å². The molecule has 0 amide bonds. The maximum Gasteiger partial charge on any atom is 0.264 e. The van der Waals surface area contributed by atoms with E-state index in [1.807, 2.05) is 4.90 Å². The van der Waals surface area contributed by atoms with Crippen molar-refractivity contribution in [1.82, 2.24) is 14.8 Å². The van der Waals surface area contributed by atoms with Gasteiger partial charge in [-0.1, -0.05) is 0 Å². The summed E-state index contributed by atoms with van der Waals surface area (Å²) in [5.74, 6) is 0.572. The highest BCUT2D eigenvalue weighted by molar-refractivity contribution is 5.84. The summed E-state index contributed by atoms with van der Waals surface area (Å²) in [5, 5.41) is 4.71. The van der Waals surface area contributed by atoms with Crippen molar-refractivity contribution in [2.24, 2.45) is 12.8 Å². The van der Waals surface area contributed by atoms with Crippen LogP contribution in [0.4, 0.5) is 14.6 Å². The van der Waals surface area contributed by atoms with Gasteiger partial charge in [0.1, 0.15) is 5.82 Å². The Labute approximate surface area is 121 Å². The molecule has 21 heavy (non-hydrogen) atoms. The number of nitrogens with two attached hydrogens (primary N) is 1. The van der Waals surface area contributed by atoms with Gasteiger partial charge in [0, 0.05) is 37.4 Å². The lowest BCUT2D eigenvalue weighted by Gasteiger charge is -2.31. The summed E-state index contributed by atoms with van der Waals surface area (Å²) >= 11 is 0. The first-order chi connectivity index (χ1) is 9.97. The van der Waals surface area contributed by atoms with Crippen LogP contribution in [0.25, 0.3) is 11.0 Å². The summed E-state index contributed by atoms with van der Waals surface area (Å²) < 4.78 is 28.4. The molecular weight excluding hydrogens is 276 g/mol. The number of pyridine rings is 1. The summed E-state index contributed by atoms with van der Waals surface area (Å²) in [5.41, 5.74) is 6.99. The quantitative estimate of drug-likeness (QED) is 0.922. The van der Waals surface area contributed by atoms with Gasteiger partial charge < -0.3 is 10.6 Å². The largest absolute Gasteiger partial charge is 0.356 e. The van der Waals surface area contributed by atoms with Crippen LogP contribution in [0.15, 0.2) is 6.07 Å². The second-order valence-corrected chi connectivity index (χ2v) is 5.60. The molecule has 7 heteroatoms. The molecule has 3 heterocycles. The fourth-order valence-electron chi connectivity index (χ4n) is 2.82. The minimum Gasteiger partial charge on any atom is -0.356 e. The number of anilines is 1. The molecule has 0 saturated carbocycles. The standard InChI is InChI=1S/C14H19F2N5/c1-8-12-10(13(15)16)7-11(18-14(12)19-20(8)2)21-5-3-9(17)4-6-21/h7,9,13H,3-6,17H2,1-2H3. The Morgan fingerprint density at radius 2 is 2.00 bits per heavy atom. The number of aryl methyl sites for hydroxylation is 2. The molecule has 0 unspecified atom stereocenters. The fourth-order valence-corrected chi connectivity index (χ4v) is 2.82. The fraction of sp³-hybridized carbons (Fsp3) is 0.571. The molecule has 114 valence electrons. The van der Waals surface area contributed by atoms with E-state index in [2.05, 4.69) is 10.1 Å². The third-order valence-corrected chi connectivity index (χ3v) is 4.21. The molecule has 2 aromatic rings. The van der Waals surface area contributed by atoms with E-state index >= 15 is 0 Å². The summed E-state index contributed by atoms with van der Waals surface area (Å²) in [4.78, 5) is 6.48. The number of rotatable bonds is 2. The average Bonchev–Trinajstić information content (AvgIpc) is 2.74. The van der Waals surface area contributed by atoms with E-state index in [4.69, 9.17) is 5.73 Å². The van der Waals surface area contributed by atoms with E-state index < -0.39 is 6.43 Å². The third kappa shape index (κ3) is 2.46. The summed E-state index contributed by atoms with van der Waals surface area (Å²) in [7, 11) is 1.74. The van der Waals surface area contributed by atoms with Gasteiger partial charge in [-0.05, 0) is 25.8 Å². The van der Waals surface area contributed by atoms with Gasteiger partial charge in [-0.2, -0.15) is 5.10 Å². The predicted molar refractivity (Wildman–Crippen MR) is 77.6 cm³/mol. The molecule has 1 aliphatic heterocycles. The lowest BCUT2D eigenvalue weighted by Crippen LogP contribution is -2.40. The monoisotopic (exact) mass is 295 g/mol. The van der Waals surface area contributed by atoms with Gasteiger partial charge in [0.2, 0.25) is 0 Å². The van der Waals surface area contributed by atoms with E-state index in [0.29, 0.717) is 22.5 Å². The van der Waals surface area contributed by atoms with Crippen LogP contribution in [-0.4, -0.2) is 33.9 Å². The number of nitrogens with zero attached hydrogens (tertiary/aromatic N) is 4. The SMILES string of the molecule is Cc1c2c(C(F)F)cc(N3CCC(N)CC3)nc2nn1C. The smallest absolute Gasteiger partial charge is 0.264 e. The Morgan fingerprint density at radius 3 is 2.62 bits per heavy atom. The van der Waals surface area contributed by atoms with Gasteiger partial charge in [-0.25, -0.2) is 13.8 Å². The number of hydrogen-bond acceptors (Lipinski definition) is 4. The van der Waals surface area contributed by atoms with Crippen LogP contribution in [0.1, 0.15) is 30.5 Å². The number of fused-ring (bicyclic) bond motifs is 1. The van der Waals surface area contributed by atoms with E-state index in [9.17, 15) is 8.78 Å². The van der Waals surface area contributed by atoms with Gasteiger partial charge in [0.05, 0.1) is 5.39 Å². The molecule has 5 nitrogen and oxygen atoms in total. The minimum atomic E-state index is -2.54. The van der Waals surface area contributed by atoms with Crippen LogP contribution < -0.4 is 10.6 Å². The number of hydrogen-bond donors (Lipinski definition) is 1. The van der Waals surface area contributed by atoms with Crippen molar-refractivity contribution in [2.75, 3.05) is 18.0 Å². The van der Waals surface area contributed by atoms with E-state index in [0.717, 1.165) is 25.9 Å². The summed E-state index contributed by atoms with van der Waals surface area (Å²) in [6.07, 6.45) is -0.833. The highest BCUT2D eigenvalue weighted by Gasteiger charge is 2.23. The number of aromatic nitrogens is 3. The number of alkyl halides is 2. The normalized spacial score (nSPS) is 17.1. The zero-order chi connectivity index (χ0) is 15.1. The van der Waals surface area contributed by atoms with E-state index in [1.54, 1.807) is 18.7 Å². The minimum absolute atomic E-state index is 0.00970. The topological polar surface area (TPSA) is 60.0 Å². The molecule has 0 bridgehead atoms. The van der Waals surface area contributed by atoms with Crippen LogP contribution in [0.2, 0.25) is 0 Å². The maximum absolute atomic E-state index is 13.4. The van der Waals surface area contributed by atoms with Crippen molar-refractivity contribution in [3.05, 3.63) is 17.3 Å². The lowest BCUT2D eigenvalue weighted by atomic mass is 10.1. The van der Waals surface area contributed by atoms with Crippen molar-refractivity contribution >= 4 is 16.9 Å². The average molecular weight is 295 g/mol. The molecule has 0 spiro atoms. The van der Waals surface area contributed by atoms with Gasteiger partial charge >= 0.3 is 0 Å². The molecule has 0 aromatic carbocycles. The van der Waals surface area contributed by atoms with Gasteiger partial charge in [-0.15, -0.1) is 0 Å². The second kappa shape index (κ2) is 5.22. The Balaban J connectivity index is 2.08. The van der Waals surface area contributed by atoms with Crippen LogP contribution >= 0.6 is 0 Å². The molecule has 0 aliphatic carbocycles. The Bertz CT molecular complexity index is 659. The molecule has 0 radical (unpaired) electrons. The molecule has 3 rings (SSSR count). The Hall–Kier alpha value is -1.76. The zero-order valence-corrected chi connectivity index (χ0v) is 12.2. The van der Waals surface area contributed by atoms with Crippen molar-refractivity contribution < 1.29 is 8.78 Å². The van der Waals surface area contributed by atoms with E-state index in [-0.39, 0.29) is 11.6 Å². The number of halogens is 2. The molecule has 1 saturated heterocycles. The van der Waals surface area contributed by atoms with Crippen molar-refractivity contribution in [2.45, 2.75) is 32.2 Å². The lowest BCUT2D eigenvalue weighted by molar-refractivity contribution is 0.153. The molecule has 1 aliphatic rings. The van der Waals surface area contributed by atoms with Crippen LogP contribution in [0.3, 0.4) is 0 Å². The third-order valence-electron chi connectivity index (χ3n) is 4.21. The predicted octanol–water partition coefficient (Wildman–Crippen LogP) is 2.14.